The number of aromatic nitrogens is 8. The second kappa shape index (κ2) is 27.2. The molecule has 0 radical (unpaired) electrons. The van der Waals surface area contributed by atoms with E-state index in [9.17, 15) is 5.26 Å². The third kappa shape index (κ3) is 10.7. The molecule has 0 atom stereocenters. The number of nitrogens with zero attached hydrogens (tertiary/aromatic N) is 9. The van der Waals surface area contributed by atoms with Crippen molar-refractivity contribution in [3.05, 3.63) is 424 Å². The van der Waals surface area contributed by atoms with Crippen LogP contribution in [0.25, 0.3) is 232 Å². The van der Waals surface area contributed by atoms with Gasteiger partial charge in [-0.1, -0.05) is 224 Å². The van der Waals surface area contributed by atoms with E-state index in [4.69, 9.17) is 9.97 Å². The average Bonchev–Trinajstić information content (AvgIpc) is 1.59. The van der Waals surface area contributed by atoms with Crippen molar-refractivity contribution in [3.63, 3.8) is 0 Å². The summed E-state index contributed by atoms with van der Waals surface area (Å²) in [6, 6.07) is 154. The normalized spacial score (nSPS) is 11.9. The van der Waals surface area contributed by atoms with Gasteiger partial charge in [0.05, 0.1) is 89.2 Å². The molecule has 0 saturated carbocycles. The van der Waals surface area contributed by atoms with Crippen molar-refractivity contribution in [2.45, 2.75) is 0 Å². The molecule has 7 heterocycles. The van der Waals surface area contributed by atoms with E-state index in [2.05, 4.69) is 428 Å². The zero-order valence-corrected chi connectivity index (χ0v) is 65.9. The highest BCUT2D eigenvalue weighted by Gasteiger charge is 2.25. The monoisotopic (exact) mass is 1550 g/mol. The lowest BCUT2D eigenvalue weighted by Crippen LogP contribution is -2.02. The standard InChI is InChI=1S/C113H69N9/c114-70-71-24-22-26-79(58-71)113-115-99(78-25-23-33-84(59-78)120-104-43-19-13-37-90(104)96-65-75(49-55-110(96)120)72-46-52-107-93(62-72)87-34-10-16-40-101(87)117(107)81-27-4-1-5-28-81)69-100(116-113)80-60-85(121-105-44-20-14-38-91(105)97-66-76(50-56-111(97)121)73-47-53-108-94(63-73)88-35-11-17-41-102(88)118(108)82-29-6-2-7-30-82)68-86(61-80)122-106-45-21-15-39-92(106)98-67-77(51-57-112(98)122)74-48-54-109-95(64-74)89-36-12-18-42-103(89)119(109)83-31-8-3-9-32-83/h1-69H. The zero-order valence-electron chi connectivity index (χ0n) is 65.9. The third-order valence-corrected chi connectivity index (χ3v) is 25.2. The molecule has 0 aliphatic rings. The van der Waals surface area contributed by atoms with Crippen LogP contribution in [0.3, 0.4) is 0 Å². The molecule has 9 nitrogen and oxygen atoms in total. The van der Waals surface area contributed by atoms with E-state index >= 15 is 0 Å². The fourth-order valence-electron chi connectivity index (χ4n) is 19.7. The summed E-state index contributed by atoms with van der Waals surface area (Å²) >= 11 is 0. The lowest BCUT2D eigenvalue weighted by Gasteiger charge is -2.17. The Balaban J connectivity index is 0.671. The Bertz CT molecular complexity index is 8430. The van der Waals surface area contributed by atoms with Crippen LogP contribution in [0.2, 0.25) is 0 Å². The topological polar surface area (TPSA) is 79.1 Å². The Hall–Kier alpha value is -16.7. The van der Waals surface area contributed by atoms with Gasteiger partial charge in [0.25, 0.3) is 0 Å². The predicted octanol–water partition coefficient (Wildman–Crippen LogP) is 28.9. The van der Waals surface area contributed by atoms with Crippen LogP contribution in [0.1, 0.15) is 5.56 Å². The fraction of sp³-hybridized carbons (Fsp3) is 0. The van der Waals surface area contributed by atoms with Crippen LogP contribution in [0.5, 0.6) is 0 Å². The summed E-state index contributed by atoms with van der Waals surface area (Å²) in [5.74, 6) is 0.499. The molecular formula is C113H69N9. The largest absolute Gasteiger partial charge is 0.309 e. The predicted molar refractivity (Wildman–Crippen MR) is 505 cm³/mol. The van der Waals surface area contributed by atoms with Crippen molar-refractivity contribution < 1.29 is 0 Å². The van der Waals surface area contributed by atoms with E-state index in [1.54, 1.807) is 0 Å². The Morgan fingerprint density at radius 2 is 0.418 bits per heavy atom. The summed E-state index contributed by atoms with van der Waals surface area (Å²) in [4.78, 5) is 11.2. The lowest BCUT2D eigenvalue weighted by atomic mass is 10.0. The smallest absolute Gasteiger partial charge is 0.160 e. The number of fused-ring (bicyclic) bond motifs is 18. The summed E-state index contributed by atoms with van der Waals surface area (Å²) in [5.41, 5.74) is 31.1. The molecule has 25 aromatic rings. The quantitative estimate of drug-likeness (QED) is 0.122. The van der Waals surface area contributed by atoms with Gasteiger partial charge in [0.15, 0.2) is 5.82 Å². The molecule has 0 saturated heterocycles. The zero-order chi connectivity index (χ0) is 80.2. The van der Waals surface area contributed by atoms with Gasteiger partial charge >= 0.3 is 0 Å². The van der Waals surface area contributed by atoms with E-state index < -0.39 is 0 Å². The lowest BCUT2D eigenvalue weighted by molar-refractivity contribution is 1.13. The van der Waals surface area contributed by atoms with Gasteiger partial charge in [-0.05, 0) is 228 Å². The highest BCUT2D eigenvalue weighted by molar-refractivity contribution is 6.17. The Morgan fingerprint density at radius 1 is 0.164 bits per heavy atom. The molecule has 0 aliphatic heterocycles. The fourth-order valence-corrected chi connectivity index (χ4v) is 19.7. The molecule has 25 rings (SSSR count). The molecule has 0 N–H and O–H groups in total. The number of benzene rings is 18. The van der Waals surface area contributed by atoms with E-state index in [0.717, 1.165) is 166 Å². The first-order valence-electron chi connectivity index (χ1n) is 41.5. The average molecular weight is 1550 g/mol. The second-order valence-corrected chi connectivity index (χ2v) is 32.0. The van der Waals surface area contributed by atoms with Crippen molar-refractivity contribution in [1.29, 1.82) is 5.26 Å². The van der Waals surface area contributed by atoms with E-state index in [1.165, 1.54) is 54.4 Å². The second-order valence-electron chi connectivity index (χ2n) is 32.0. The van der Waals surface area contributed by atoms with Crippen molar-refractivity contribution in [3.8, 4) is 107 Å². The molecular weight excluding hydrogens is 1480 g/mol. The summed E-state index contributed by atoms with van der Waals surface area (Å²) in [6.45, 7) is 0. The van der Waals surface area contributed by atoms with Gasteiger partial charge in [-0.3, -0.25) is 0 Å². The molecule has 566 valence electrons. The maximum atomic E-state index is 10.5. The Kier molecular flexibility index (Phi) is 15.3. The molecule has 18 aromatic carbocycles. The Labute approximate surface area is 700 Å². The maximum absolute atomic E-state index is 10.5. The maximum Gasteiger partial charge on any atom is 0.160 e. The number of nitriles is 1. The highest BCUT2D eigenvalue weighted by atomic mass is 15.0. The van der Waals surface area contributed by atoms with E-state index in [1.807, 2.05) is 24.3 Å². The summed E-state index contributed by atoms with van der Waals surface area (Å²) in [5, 5.41) is 24.7. The number of rotatable bonds is 12. The highest BCUT2D eigenvalue weighted by Crippen LogP contribution is 2.46. The summed E-state index contributed by atoms with van der Waals surface area (Å²) in [7, 11) is 0. The van der Waals surface area contributed by atoms with E-state index in [0.29, 0.717) is 17.1 Å². The van der Waals surface area contributed by atoms with Gasteiger partial charge < -0.3 is 27.4 Å². The molecule has 0 aliphatic carbocycles. The molecule has 0 bridgehead atoms. The Morgan fingerprint density at radius 3 is 0.746 bits per heavy atom. The molecule has 0 unspecified atom stereocenters. The molecule has 0 amide bonds. The van der Waals surface area contributed by atoms with Gasteiger partial charge in [0, 0.05) is 115 Å². The molecule has 7 aromatic heterocycles. The SMILES string of the molecule is N#Cc1cccc(-c2nc(-c3cccc(-n4c5ccccc5c5cc(-c6ccc7c(c6)c6ccccc6n7-c6ccccc6)ccc54)c3)cc(-c3cc(-n4c5ccccc5c5cc(-c6ccc7c(c6)c6ccccc6n7-c6ccccc6)ccc54)cc(-n4c5ccccc5c5cc(-c6ccc7c(c6)c6ccccc6n7-c6ccccc6)ccc54)c3)n2)c1. The molecule has 122 heavy (non-hydrogen) atoms. The van der Waals surface area contributed by atoms with Crippen LogP contribution in [0.4, 0.5) is 0 Å². The molecule has 0 spiro atoms. The summed E-state index contributed by atoms with van der Waals surface area (Å²) in [6.07, 6.45) is 0. The first-order valence-corrected chi connectivity index (χ1v) is 41.5. The van der Waals surface area contributed by atoms with Crippen molar-refractivity contribution >= 4 is 131 Å². The van der Waals surface area contributed by atoms with Gasteiger partial charge in [0.1, 0.15) is 0 Å². The number of hydrogen-bond acceptors (Lipinski definition) is 3. The number of hydrogen-bond donors (Lipinski definition) is 0. The first-order chi connectivity index (χ1) is 60.4. The van der Waals surface area contributed by atoms with Crippen molar-refractivity contribution in [2.75, 3.05) is 0 Å². The minimum absolute atomic E-state index is 0.499. The van der Waals surface area contributed by atoms with Gasteiger partial charge in [0.2, 0.25) is 0 Å². The third-order valence-electron chi connectivity index (χ3n) is 25.2. The van der Waals surface area contributed by atoms with Crippen LogP contribution >= 0.6 is 0 Å². The first kappa shape index (κ1) is 68.5. The van der Waals surface area contributed by atoms with Crippen molar-refractivity contribution in [2.24, 2.45) is 0 Å². The van der Waals surface area contributed by atoms with Gasteiger partial charge in [-0.2, -0.15) is 5.26 Å². The van der Waals surface area contributed by atoms with Crippen LogP contribution in [0.15, 0.2) is 419 Å². The van der Waals surface area contributed by atoms with Gasteiger partial charge in [-0.25, -0.2) is 9.97 Å². The summed E-state index contributed by atoms with van der Waals surface area (Å²) < 4.78 is 14.4. The van der Waals surface area contributed by atoms with Crippen LogP contribution < -0.4 is 0 Å². The van der Waals surface area contributed by atoms with Crippen LogP contribution in [-0.2, 0) is 0 Å². The molecule has 0 fully saturated rings. The van der Waals surface area contributed by atoms with E-state index in [-0.39, 0.29) is 0 Å². The minimum atomic E-state index is 0.499. The van der Waals surface area contributed by atoms with Crippen LogP contribution in [-0.4, -0.2) is 37.4 Å². The van der Waals surface area contributed by atoms with Gasteiger partial charge in [-0.15, -0.1) is 0 Å². The minimum Gasteiger partial charge on any atom is -0.309 e. The van der Waals surface area contributed by atoms with Crippen LogP contribution in [0, 0.1) is 11.3 Å². The molecule has 9 heteroatoms. The number of para-hydroxylation sites is 9. The van der Waals surface area contributed by atoms with Crippen molar-refractivity contribution in [1.82, 2.24) is 37.4 Å².